The summed E-state index contributed by atoms with van der Waals surface area (Å²) in [6.07, 6.45) is 1.30. The van der Waals surface area contributed by atoms with Crippen LogP contribution in [0.4, 0.5) is 8.78 Å². The predicted octanol–water partition coefficient (Wildman–Crippen LogP) is 3.16. The molecule has 0 bridgehead atoms. The highest BCUT2D eigenvalue weighted by molar-refractivity contribution is 5.19. The van der Waals surface area contributed by atoms with E-state index in [1.807, 2.05) is 0 Å². The fraction of sp³-hybridized carbons (Fsp3) is 0.538. The van der Waals surface area contributed by atoms with Crippen molar-refractivity contribution in [1.82, 2.24) is 0 Å². The van der Waals surface area contributed by atoms with Gasteiger partial charge in [0.1, 0.15) is 11.6 Å². The van der Waals surface area contributed by atoms with Gasteiger partial charge in [0.2, 0.25) is 0 Å². The maximum atomic E-state index is 13.4. The number of rotatable bonds is 5. The minimum Gasteiger partial charge on any atom is -0.396 e. The fourth-order valence-electron chi connectivity index (χ4n) is 1.89. The van der Waals surface area contributed by atoms with E-state index in [2.05, 4.69) is 13.8 Å². The van der Waals surface area contributed by atoms with E-state index in [0.29, 0.717) is 17.9 Å². The van der Waals surface area contributed by atoms with Gasteiger partial charge in [-0.1, -0.05) is 19.9 Å². The van der Waals surface area contributed by atoms with Gasteiger partial charge in [-0.15, -0.1) is 0 Å². The van der Waals surface area contributed by atoms with E-state index < -0.39 is 11.6 Å². The number of halogens is 2. The molecule has 0 spiro atoms. The topological polar surface area (TPSA) is 20.2 Å². The standard InChI is InChI=1S/C13H18F2O/c1-9(2)5-10(8-16)6-11-3-4-12(14)7-13(11)15/h3-4,7,9-10,16H,5-6,8H2,1-2H3. The van der Waals surface area contributed by atoms with Crippen molar-refractivity contribution in [3.8, 4) is 0 Å². The maximum absolute atomic E-state index is 13.4. The van der Waals surface area contributed by atoms with E-state index in [9.17, 15) is 13.9 Å². The van der Waals surface area contributed by atoms with Gasteiger partial charge in [0.15, 0.2) is 0 Å². The zero-order valence-electron chi connectivity index (χ0n) is 9.71. The summed E-state index contributed by atoms with van der Waals surface area (Å²) in [6.45, 7) is 4.16. The van der Waals surface area contributed by atoms with Crippen LogP contribution < -0.4 is 0 Å². The SMILES string of the molecule is CC(C)CC(CO)Cc1ccc(F)cc1F. The summed E-state index contributed by atoms with van der Waals surface area (Å²) in [7, 11) is 0. The first kappa shape index (κ1) is 13.1. The quantitative estimate of drug-likeness (QED) is 0.820. The van der Waals surface area contributed by atoms with Gasteiger partial charge in [0, 0.05) is 12.7 Å². The Balaban J connectivity index is 2.70. The zero-order chi connectivity index (χ0) is 12.1. The second-order valence-electron chi connectivity index (χ2n) is 4.62. The van der Waals surface area contributed by atoms with Gasteiger partial charge in [-0.2, -0.15) is 0 Å². The van der Waals surface area contributed by atoms with Crippen LogP contribution in [0, 0.1) is 23.5 Å². The van der Waals surface area contributed by atoms with E-state index >= 15 is 0 Å². The monoisotopic (exact) mass is 228 g/mol. The number of benzene rings is 1. The summed E-state index contributed by atoms with van der Waals surface area (Å²) in [5, 5.41) is 9.19. The van der Waals surface area contributed by atoms with E-state index in [-0.39, 0.29) is 12.5 Å². The van der Waals surface area contributed by atoms with Crippen molar-refractivity contribution in [3.05, 3.63) is 35.4 Å². The van der Waals surface area contributed by atoms with Crippen molar-refractivity contribution in [1.29, 1.82) is 0 Å². The normalized spacial score (nSPS) is 13.1. The Hall–Kier alpha value is -0.960. The molecule has 1 nitrogen and oxygen atoms in total. The lowest BCUT2D eigenvalue weighted by Gasteiger charge is -2.16. The molecule has 0 aliphatic rings. The van der Waals surface area contributed by atoms with Crippen LogP contribution in [0.1, 0.15) is 25.8 Å². The average Bonchev–Trinajstić information content (AvgIpc) is 2.20. The van der Waals surface area contributed by atoms with Crippen molar-refractivity contribution in [2.24, 2.45) is 11.8 Å². The van der Waals surface area contributed by atoms with Gasteiger partial charge in [-0.3, -0.25) is 0 Å². The van der Waals surface area contributed by atoms with Crippen molar-refractivity contribution in [2.45, 2.75) is 26.7 Å². The third-order valence-electron chi connectivity index (χ3n) is 2.59. The molecule has 0 fully saturated rings. The molecule has 1 aromatic rings. The lowest BCUT2D eigenvalue weighted by molar-refractivity contribution is 0.204. The molecule has 90 valence electrons. The minimum atomic E-state index is -0.564. The highest BCUT2D eigenvalue weighted by atomic mass is 19.1. The molecule has 1 N–H and O–H groups in total. The van der Waals surface area contributed by atoms with Crippen LogP contribution >= 0.6 is 0 Å². The van der Waals surface area contributed by atoms with Gasteiger partial charge in [0.05, 0.1) is 0 Å². The summed E-state index contributed by atoms with van der Waals surface area (Å²) in [5.41, 5.74) is 0.473. The molecule has 0 aliphatic carbocycles. The van der Waals surface area contributed by atoms with E-state index in [1.54, 1.807) is 0 Å². The van der Waals surface area contributed by atoms with Crippen molar-refractivity contribution >= 4 is 0 Å². The van der Waals surface area contributed by atoms with Crippen LogP contribution in [0.3, 0.4) is 0 Å². The lowest BCUT2D eigenvalue weighted by Crippen LogP contribution is -2.13. The Morgan fingerprint density at radius 3 is 2.44 bits per heavy atom. The van der Waals surface area contributed by atoms with Crippen LogP contribution in [0.25, 0.3) is 0 Å². The lowest BCUT2D eigenvalue weighted by atomic mass is 9.91. The molecule has 0 saturated carbocycles. The second-order valence-corrected chi connectivity index (χ2v) is 4.62. The Morgan fingerprint density at radius 2 is 1.94 bits per heavy atom. The molecule has 1 aromatic carbocycles. The minimum absolute atomic E-state index is 0.0367. The number of aliphatic hydroxyl groups is 1. The van der Waals surface area contributed by atoms with Crippen molar-refractivity contribution in [3.63, 3.8) is 0 Å². The molecular weight excluding hydrogens is 210 g/mol. The third kappa shape index (κ3) is 3.89. The molecule has 1 unspecified atom stereocenters. The molecule has 3 heteroatoms. The first-order valence-electron chi connectivity index (χ1n) is 5.57. The van der Waals surface area contributed by atoms with E-state index in [0.717, 1.165) is 12.5 Å². The first-order chi connectivity index (χ1) is 7.52. The molecule has 0 saturated heterocycles. The third-order valence-corrected chi connectivity index (χ3v) is 2.59. The summed E-state index contributed by atoms with van der Waals surface area (Å²) >= 11 is 0. The maximum Gasteiger partial charge on any atom is 0.129 e. The van der Waals surface area contributed by atoms with Gasteiger partial charge >= 0.3 is 0 Å². The molecule has 16 heavy (non-hydrogen) atoms. The van der Waals surface area contributed by atoms with Crippen LogP contribution in [0.15, 0.2) is 18.2 Å². The number of hydrogen-bond acceptors (Lipinski definition) is 1. The van der Waals surface area contributed by atoms with Crippen LogP contribution in [-0.4, -0.2) is 11.7 Å². The fourth-order valence-corrected chi connectivity index (χ4v) is 1.89. The van der Waals surface area contributed by atoms with Crippen LogP contribution in [0.5, 0.6) is 0 Å². The number of hydrogen-bond donors (Lipinski definition) is 1. The molecule has 0 amide bonds. The summed E-state index contributed by atoms with van der Waals surface area (Å²) < 4.78 is 26.1. The molecule has 1 rings (SSSR count). The van der Waals surface area contributed by atoms with Gasteiger partial charge < -0.3 is 5.11 Å². The smallest absolute Gasteiger partial charge is 0.129 e. The Kier molecular flexibility index (Phi) is 4.87. The molecule has 0 radical (unpaired) electrons. The highest BCUT2D eigenvalue weighted by Gasteiger charge is 2.13. The van der Waals surface area contributed by atoms with Crippen LogP contribution in [-0.2, 0) is 6.42 Å². The molecular formula is C13H18F2O. The van der Waals surface area contributed by atoms with Crippen molar-refractivity contribution < 1.29 is 13.9 Å². The highest BCUT2D eigenvalue weighted by Crippen LogP contribution is 2.19. The summed E-state index contributed by atoms with van der Waals surface area (Å²) in [4.78, 5) is 0. The van der Waals surface area contributed by atoms with Gasteiger partial charge in [0.25, 0.3) is 0 Å². The van der Waals surface area contributed by atoms with Crippen LogP contribution in [0.2, 0.25) is 0 Å². The van der Waals surface area contributed by atoms with Gasteiger partial charge in [-0.25, -0.2) is 8.78 Å². The molecule has 0 heterocycles. The Morgan fingerprint density at radius 1 is 1.25 bits per heavy atom. The van der Waals surface area contributed by atoms with Crippen molar-refractivity contribution in [2.75, 3.05) is 6.61 Å². The second kappa shape index (κ2) is 5.94. The van der Waals surface area contributed by atoms with E-state index in [4.69, 9.17) is 0 Å². The molecule has 0 aliphatic heterocycles. The summed E-state index contributed by atoms with van der Waals surface area (Å²) in [5.74, 6) is -0.589. The van der Waals surface area contributed by atoms with E-state index in [1.165, 1.54) is 12.1 Å². The average molecular weight is 228 g/mol. The zero-order valence-corrected chi connectivity index (χ0v) is 9.71. The molecule has 0 aromatic heterocycles. The Labute approximate surface area is 95.1 Å². The first-order valence-corrected chi connectivity index (χ1v) is 5.57. The number of aliphatic hydroxyl groups excluding tert-OH is 1. The largest absolute Gasteiger partial charge is 0.396 e. The predicted molar refractivity (Wildman–Crippen MR) is 60.1 cm³/mol. The molecule has 1 atom stereocenters. The Bertz CT molecular complexity index is 337. The summed E-state index contributed by atoms with van der Waals surface area (Å²) in [6, 6.07) is 3.59. The van der Waals surface area contributed by atoms with Gasteiger partial charge in [-0.05, 0) is 36.3 Å².